The molecule has 2 atom stereocenters. The second-order valence-corrected chi connectivity index (χ2v) is 10.9. The van der Waals surface area contributed by atoms with Gasteiger partial charge in [-0.3, -0.25) is 10.2 Å². The Morgan fingerprint density at radius 2 is 1.69 bits per heavy atom. The van der Waals surface area contributed by atoms with Crippen molar-refractivity contribution in [3.63, 3.8) is 0 Å². The normalized spacial score (nSPS) is 20.9. The second kappa shape index (κ2) is 9.15. The number of hydrogen-bond donors (Lipinski definition) is 1. The molecule has 7 nitrogen and oxygen atoms in total. The standard InChI is InChI=1S/C27H23BrN6OS/c1-17-26(35)32(27(36-17)19-9-5-3-6-10-19)31-24-16-29-25-22-15-20(28)13-14-23(22)30-18(2)33(25)34(24)21-11-7-4-8-12-21/h3-17,27,31H,1-2H3. The number of amides is 1. The van der Waals surface area contributed by atoms with Gasteiger partial charge in [-0.25, -0.2) is 25.0 Å². The molecule has 0 spiro atoms. The number of hydrogen-bond acceptors (Lipinski definition) is 7. The molecule has 0 saturated carbocycles. The molecule has 180 valence electrons. The van der Waals surface area contributed by atoms with Crippen LogP contribution < -0.4 is 10.4 Å². The van der Waals surface area contributed by atoms with Crippen LogP contribution in [-0.2, 0) is 4.79 Å². The molecule has 3 aliphatic rings. The Balaban J connectivity index is 1.45. The Morgan fingerprint density at radius 3 is 2.44 bits per heavy atom. The van der Waals surface area contributed by atoms with Crippen LogP contribution in [0, 0.1) is 0 Å². The number of nitrogens with one attached hydrogen (secondary N) is 1. The number of amidine groups is 2. The zero-order valence-corrected chi connectivity index (χ0v) is 22.1. The first-order chi connectivity index (χ1) is 17.5. The van der Waals surface area contributed by atoms with Gasteiger partial charge in [-0.15, -0.1) is 11.8 Å². The number of thioether (sulfide) groups is 1. The van der Waals surface area contributed by atoms with Gasteiger partial charge in [-0.1, -0.05) is 64.5 Å². The predicted molar refractivity (Wildman–Crippen MR) is 149 cm³/mol. The number of carbonyl (C=O) groups is 1. The highest BCUT2D eigenvalue weighted by Gasteiger charge is 2.41. The Hall–Kier alpha value is -3.56. The molecular weight excluding hydrogens is 536 g/mol. The number of carbonyl (C=O) groups excluding carboxylic acids is 1. The molecule has 1 saturated heterocycles. The van der Waals surface area contributed by atoms with Crippen LogP contribution in [0.2, 0.25) is 0 Å². The van der Waals surface area contributed by atoms with E-state index in [0.29, 0.717) is 5.82 Å². The van der Waals surface area contributed by atoms with E-state index >= 15 is 0 Å². The predicted octanol–water partition coefficient (Wildman–Crippen LogP) is 5.96. The monoisotopic (exact) mass is 558 g/mol. The van der Waals surface area contributed by atoms with Crippen molar-refractivity contribution in [3.8, 4) is 0 Å². The summed E-state index contributed by atoms with van der Waals surface area (Å²) in [6.45, 7) is 3.91. The van der Waals surface area contributed by atoms with Crippen LogP contribution in [0.25, 0.3) is 0 Å². The van der Waals surface area contributed by atoms with Gasteiger partial charge >= 0.3 is 0 Å². The number of para-hydroxylation sites is 1. The number of anilines is 1. The summed E-state index contributed by atoms with van der Waals surface area (Å²) in [6, 6.07) is 26.1. The molecule has 6 rings (SSSR count). The van der Waals surface area contributed by atoms with E-state index in [9.17, 15) is 4.79 Å². The first kappa shape index (κ1) is 22.9. The van der Waals surface area contributed by atoms with Crippen molar-refractivity contribution in [1.29, 1.82) is 0 Å². The maximum absolute atomic E-state index is 13.3. The zero-order valence-electron chi connectivity index (χ0n) is 19.7. The highest BCUT2D eigenvalue weighted by atomic mass is 79.9. The topological polar surface area (TPSA) is 63.5 Å². The first-order valence-electron chi connectivity index (χ1n) is 11.6. The van der Waals surface area contributed by atoms with Crippen LogP contribution in [-0.4, -0.2) is 32.8 Å². The van der Waals surface area contributed by atoms with Crippen molar-refractivity contribution >= 4 is 56.6 Å². The lowest BCUT2D eigenvalue weighted by Gasteiger charge is -2.44. The summed E-state index contributed by atoms with van der Waals surface area (Å²) in [6.07, 6.45) is 1.78. The maximum atomic E-state index is 13.3. The number of rotatable bonds is 4. The summed E-state index contributed by atoms with van der Waals surface area (Å²) in [7, 11) is 0. The number of fused-ring (bicyclic) bond motifs is 3. The average molecular weight is 559 g/mol. The van der Waals surface area contributed by atoms with Crippen LogP contribution in [0.3, 0.4) is 0 Å². The molecule has 3 heterocycles. The quantitative estimate of drug-likeness (QED) is 0.427. The van der Waals surface area contributed by atoms with Crippen molar-refractivity contribution in [2.24, 2.45) is 9.98 Å². The van der Waals surface area contributed by atoms with Crippen LogP contribution in [0.1, 0.15) is 30.3 Å². The molecule has 3 aliphatic heterocycles. The minimum atomic E-state index is -0.168. The summed E-state index contributed by atoms with van der Waals surface area (Å²) in [4.78, 5) is 23.0. The zero-order chi connectivity index (χ0) is 24.8. The van der Waals surface area contributed by atoms with E-state index in [1.165, 1.54) is 0 Å². The molecule has 1 fully saturated rings. The number of hydrazine groups is 2. The highest BCUT2D eigenvalue weighted by Crippen LogP contribution is 2.42. The summed E-state index contributed by atoms with van der Waals surface area (Å²) in [5, 5.41) is 5.40. The minimum Gasteiger partial charge on any atom is -0.277 e. The molecule has 0 aromatic heterocycles. The maximum Gasteiger partial charge on any atom is 0.255 e. The van der Waals surface area contributed by atoms with E-state index in [-0.39, 0.29) is 16.5 Å². The molecule has 2 unspecified atom stereocenters. The number of aliphatic imine (C=N–C) groups is 2. The van der Waals surface area contributed by atoms with Gasteiger partial charge in [0.2, 0.25) is 0 Å². The van der Waals surface area contributed by atoms with Crippen molar-refractivity contribution in [1.82, 2.24) is 15.4 Å². The van der Waals surface area contributed by atoms with Gasteiger partial charge in [-0.2, -0.15) is 0 Å². The van der Waals surface area contributed by atoms with Gasteiger partial charge in [0.25, 0.3) is 5.91 Å². The van der Waals surface area contributed by atoms with Gasteiger partial charge in [0.1, 0.15) is 11.2 Å². The molecule has 1 N–H and O–H groups in total. The smallest absolute Gasteiger partial charge is 0.255 e. The van der Waals surface area contributed by atoms with E-state index in [2.05, 4.69) is 21.4 Å². The number of halogens is 1. The SMILES string of the molecule is CC1=Nc2ccc(Br)cc2C2=NC=C(NN3C(=O)C(C)SC3c3ccccc3)N(c3ccccc3)N12. The van der Waals surface area contributed by atoms with Crippen LogP contribution >= 0.6 is 27.7 Å². The fourth-order valence-corrected chi connectivity index (χ4v) is 6.10. The third-order valence-corrected chi connectivity index (χ3v) is 8.04. The van der Waals surface area contributed by atoms with E-state index in [1.807, 2.05) is 103 Å². The van der Waals surface area contributed by atoms with Crippen molar-refractivity contribution < 1.29 is 4.79 Å². The lowest BCUT2D eigenvalue weighted by Crippen LogP contribution is -2.57. The van der Waals surface area contributed by atoms with E-state index in [1.54, 1.807) is 23.0 Å². The Morgan fingerprint density at radius 1 is 0.972 bits per heavy atom. The third kappa shape index (κ3) is 3.88. The molecule has 3 aromatic rings. The third-order valence-electron chi connectivity index (χ3n) is 6.20. The fourth-order valence-electron chi connectivity index (χ4n) is 4.53. The van der Waals surface area contributed by atoms with Crippen LogP contribution in [0.15, 0.2) is 105 Å². The van der Waals surface area contributed by atoms with Gasteiger partial charge in [0, 0.05) is 10.0 Å². The van der Waals surface area contributed by atoms with Gasteiger partial charge in [-0.05, 0) is 49.7 Å². The number of nitrogens with zero attached hydrogens (tertiary/aromatic N) is 5. The summed E-state index contributed by atoms with van der Waals surface area (Å²) >= 11 is 5.21. The van der Waals surface area contributed by atoms with Crippen molar-refractivity contribution in [2.45, 2.75) is 24.5 Å². The van der Waals surface area contributed by atoms with Crippen LogP contribution in [0.4, 0.5) is 11.4 Å². The summed E-state index contributed by atoms with van der Waals surface area (Å²) in [5.74, 6) is 2.22. The second-order valence-electron chi connectivity index (χ2n) is 8.61. The molecule has 1 amide bonds. The molecule has 36 heavy (non-hydrogen) atoms. The van der Waals surface area contributed by atoms with Crippen molar-refractivity contribution in [3.05, 3.63) is 106 Å². The Labute approximate surface area is 222 Å². The molecular formula is C27H23BrN6OS. The Kier molecular flexibility index (Phi) is 5.81. The largest absolute Gasteiger partial charge is 0.277 e. The fraction of sp³-hybridized carbons (Fsp3) is 0.148. The lowest BCUT2D eigenvalue weighted by molar-refractivity contribution is -0.132. The summed E-state index contributed by atoms with van der Waals surface area (Å²) in [5.41, 5.74) is 7.20. The lowest BCUT2D eigenvalue weighted by atomic mass is 10.1. The van der Waals surface area contributed by atoms with E-state index in [4.69, 9.17) is 9.98 Å². The molecule has 9 heteroatoms. The van der Waals surface area contributed by atoms with Crippen molar-refractivity contribution in [2.75, 3.05) is 5.01 Å². The average Bonchev–Trinajstić information content (AvgIpc) is 3.18. The summed E-state index contributed by atoms with van der Waals surface area (Å²) < 4.78 is 0.956. The highest BCUT2D eigenvalue weighted by molar-refractivity contribution is 9.10. The Bertz CT molecular complexity index is 1420. The van der Waals surface area contributed by atoms with Gasteiger partial charge in [0.05, 0.1) is 22.8 Å². The first-order valence-corrected chi connectivity index (χ1v) is 13.3. The van der Waals surface area contributed by atoms with Gasteiger partial charge < -0.3 is 0 Å². The minimum absolute atomic E-state index is 0.0239. The molecule has 0 radical (unpaired) electrons. The van der Waals surface area contributed by atoms with Crippen LogP contribution in [0.5, 0.6) is 0 Å². The van der Waals surface area contributed by atoms with Gasteiger partial charge in [0.15, 0.2) is 11.7 Å². The van der Waals surface area contributed by atoms with E-state index < -0.39 is 0 Å². The number of benzene rings is 3. The molecule has 3 aromatic carbocycles. The molecule has 0 bridgehead atoms. The van der Waals surface area contributed by atoms with E-state index in [0.717, 1.165) is 38.6 Å². The molecule has 0 aliphatic carbocycles.